The molecule has 276 valence electrons. The van der Waals surface area contributed by atoms with Gasteiger partial charge < -0.3 is 14.4 Å². The normalized spacial score (nSPS) is 13.5. The highest BCUT2D eigenvalue weighted by Crippen LogP contribution is 2.65. The zero-order valence-electron chi connectivity index (χ0n) is 31.7. The molecule has 2 aliphatic carbocycles. The number of thiophene rings is 1. The van der Waals surface area contributed by atoms with Gasteiger partial charge in [0.15, 0.2) is 23.0 Å². The molecule has 1 aromatic heterocycles. The van der Waals surface area contributed by atoms with E-state index in [4.69, 9.17) is 9.47 Å². The molecule has 3 nitrogen and oxygen atoms in total. The Bertz CT molecular complexity index is 3320. The lowest BCUT2D eigenvalue weighted by atomic mass is 9.70. The van der Waals surface area contributed by atoms with E-state index in [1.165, 1.54) is 64.7 Å². The van der Waals surface area contributed by atoms with E-state index in [0.29, 0.717) is 23.0 Å². The van der Waals surface area contributed by atoms with Crippen LogP contribution in [0.15, 0.2) is 200 Å². The van der Waals surface area contributed by atoms with E-state index in [1.807, 2.05) is 17.4 Å². The molecule has 0 saturated heterocycles. The number of para-hydroxylation sites is 3. The minimum atomic E-state index is -0.485. The molecule has 0 radical (unpaired) electrons. The minimum absolute atomic E-state index is 0.485. The molecular formula is C55H33NO2S. The summed E-state index contributed by atoms with van der Waals surface area (Å²) >= 11 is 1.84. The second-order valence-electron chi connectivity index (χ2n) is 15.5. The van der Waals surface area contributed by atoms with Gasteiger partial charge in [-0.3, -0.25) is 0 Å². The highest BCUT2D eigenvalue weighted by Gasteiger charge is 2.52. The number of benzene rings is 9. The smallest absolute Gasteiger partial charge is 0.194 e. The maximum Gasteiger partial charge on any atom is 0.194 e. The monoisotopic (exact) mass is 771 g/mol. The lowest BCUT2D eigenvalue weighted by Crippen LogP contribution is -2.25. The highest BCUT2D eigenvalue weighted by molar-refractivity contribution is 7.25. The molecule has 0 unspecified atom stereocenters. The molecule has 13 rings (SSSR count). The molecule has 0 amide bonds. The first-order valence-corrected chi connectivity index (χ1v) is 20.9. The third-order valence-corrected chi connectivity index (χ3v) is 13.7. The first-order chi connectivity index (χ1) is 29.3. The van der Waals surface area contributed by atoms with Gasteiger partial charge in [0, 0.05) is 31.4 Å². The number of nitrogens with zero attached hydrogens (tertiary/aromatic N) is 1. The van der Waals surface area contributed by atoms with Gasteiger partial charge in [0.25, 0.3) is 0 Å². The summed E-state index contributed by atoms with van der Waals surface area (Å²) in [5.41, 5.74) is 14.8. The molecule has 10 aromatic rings. The summed E-state index contributed by atoms with van der Waals surface area (Å²) in [4.78, 5) is 2.31. The van der Waals surface area contributed by atoms with Crippen molar-refractivity contribution in [2.24, 2.45) is 0 Å². The molecule has 0 bridgehead atoms. The number of hydrogen-bond acceptors (Lipinski definition) is 4. The molecular weight excluding hydrogens is 739 g/mol. The first-order valence-electron chi connectivity index (χ1n) is 20.1. The third kappa shape index (κ3) is 4.52. The van der Waals surface area contributed by atoms with E-state index in [0.717, 1.165) is 28.2 Å². The summed E-state index contributed by atoms with van der Waals surface area (Å²) in [5, 5.41) is 2.56. The Morgan fingerprint density at radius 2 is 0.966 bits per heavy atom. The van der Waals surface area contributed by atoms with Gasteiger partial charge in [-0.05, 0) is 111 Å². The fourth-order valence-corrected chi connectivity index (χ4v) is 11.2. The van der Waals surface area contributed by atoms with Gasteiger partial charge in [0.1, 0.15) is 0 Å². The largest absolute Gasteiger partial charge is 0.449 e. The Kier molecular flexibility index (Phi) is 6.81. The van der Waals surface area contributed by atoms with Crippen LogP contribution in [0.2, 0.25) is 0 Å². The topological polar surface area (TPSA) is 21.7 Å². The molecule has 0 atom stereocenters. The van der Waals surface area contributed by atoms with Crippen LogP contribution in [0.25, 0.3) is 53.6 Å². The fourth-order valence-electron chi connectivity index (χ4n) is 10.1. The van der Waals surface area contributed by atoms with Crippen molar-refractivity contribution in [1.82, 2.24) is 0 Å². The van der Waals surface area contributed by atoms with Gasteiger partial charge in [0.2, 0.25) is 0 Å². The second-order valence-corrected chi connectivity index (χ2v) is 16.6. The Hall–Kier alpha value is -7.40. The molecule has 1 spiro atoms. The van der Waals surface area contributed by atoms with E-state index in [9.17, 15) is 0 Å². The van der Waals surface area contributed by atoms with Crippen molar-refractivity contribution in [3.63, 3.8) is 0 Å². The minimum Gasteiger partial charge on any atom is -0.449 e. The average molecular weight is 772 g/mol. The number of rotatable bonds is 4. The van der Waals surface area contributed by atoms with Crippen molar-refractivity contribution in [1.29, 1.82) is 0 Å². The van der Waals surface area contributed by atoms with Crippen LogP contribution in [0.4, 0.5) is 17.1 Å². The Morgan fingerprint density at radius 1 is 0.373 bits per heavy atom. The maximum atomic E-state index is 7.21. The van der Waals surface area contributed by atoms with Gasteiger partial charge in [-0.15, -0.1) is 11.3 Å². The summed E-state index contributed by atoms with van der Waals surface area (Å²) in [5.74, 6) is 2.77. The summed E-state index contributed by atoms with van der Waals surface area (Å²) in [6.45, 7) is 0. The van der Waals surface area contributed by atoms with Crippen molar-refractivity contribution in [2.75, 3.05) is 4.90 Å². The summed E-state index contributed by atoms with van der Waals surface area (Å²) < 4.78 is 16.7. The van der Waals surface area contributed by atoms with Crippen LogP contribution >= 0.6 is 11.3 Å². The fraction of sp³-hybridized carbons (Fsp3) is 0.0182. The summed E-state index contributed by atoms with van der Waals surface area (Å²) in [6, 6.07) is 72.1. The number of hydrogen-bond donors (Lipinski definition) is 0. The zero-order valence-corrected chi connectivity index (χ0v) is 32.5. The summed E-state index contributed by atoms with van der Waals surface area (Å²) in [7, 11) is 0. The van der Waals surface area contributed by atoms with E-state index in [1.54, 1.807) is 0 Å². The molecule has 3 aliphatic rings. The van der Waals surface area contributed by atoms with Crippen LogP contribution in [0, 0.1) is 0 Å². The van der Waals surface area contributed by atoms with Crippen molar-refractivity contribution in [2.45, 2.75) is 5.41 Å². The van der Waals surface area contributed by atoms with Crippen molar-refractivity contribution < 1.29 is 9.47 Å². The highest BCUT2D eigenvalue weighted by atomic mass is 32.1. The van der Waals surface area contributed by atoms with Gasteiger partial charge in [-0.25, -0.2) is 0 Å². The van der Waals surface area contributed by atoms with Gasteiger partial charge in [-0.2, -0.15) is 0 Å². The SMILES string of the molecule is c1ccc(N(c2ccccc2-c2ccc3sc4ccccc4c3c2)c2cccc3c2Oc2cc4c(cc2O3)-c2ccccc2C42c3ccccc3-c3ccccc32)cc1. The Labute approximate surface area is 345 Å². The predicted molar refractivity (Wildman–Crippen MR) is 242 cm³/mol. The first kappa shape index (κ1) is 32.7. The van der Waals surface area contributed by atoms with E-state index >= 15 is 0 Å². The van der Waals surface area contributed by atoms with Gasteiger partial charge in [0.05, 0.1) is 16.8 Å². The Balaban J connectivity index is 0.993. The lowest BCUT2D eigenvalue weighted by molar-refractivity contribution is 0.360. The third-order valence-electron chi connectivity index (χ3n) is 12.5. The lowest BCUT2D eigenvalue weighted by Gasteiger charge is -2.33. The molecule has 0 N–H and O–H groups in total. The van der Waals surface area contributed by atoms with E-state index < -0.39 is 5.41 Å². The van der Waals surface area contributed by atoms with Crippen LogP contribution in [0.5, 0.6) is 23.0 Å². The molecule has 9 aromatic carbocycles. The second kappa shape index (κ2) is 12.3. The summed E-state index contributed by atoms with van der Waals surface area (Å²) in [6.07, 6.45) is 0. The number of fused-ring (bicyclic) bond motifs is 15. The average Bonchev–Trinajstić information content (AvgIpc) is 3.92. The standard InChI is InChI=1S/C55H33NO2S/c1-2-15-35(16-3-1)56(47-25-12-7-17-36(47)34-29-30-53-42(31-34)40-21-8-13-28-52(40)59-53)48-26-14-27-49-54(48)58-51-33-46-41(32-50(51)57-49)39-20-6-11-24-45(39)55(46)43-22-9-4-18-37(43)38-19-5-10-23-44(38)55/h1-33H. The van der Waals surface area contributed by atoms with E-state index in [2.05, 4.69) is 199 Å². The molecule has 59 heavy (non-hydrogen) atoms. The van der Waals surface area contributed by atoms with E-state index in [-0.39, 0.29) is 0 Å². The van der Waals surface area contributed by atoms with Crippen molar-refractivity contribution in [3.8, 4) is 56.4 Å². The maximum absolute atomic E-state index is 7.21. The predicted octanol–water partition coefficient (Wildman–Crippen LogP) is 15.4. The van der Waals surface area contributed by atoms with Gasteiger partial charge in [-0.1, -0.05) is 140 Å². The number of anilines is 3. The molecule has 0 fully saturated rings. The molecule has 1 aliphatic heterocycles. The van der Waals surface area contributed by atoms with Crippen LogP contribution in [0.1, 0.15) is 22.3 Å². The van der Waals surface area contributed by atoms with Crippen LogP contribution < -0.4 is 14.4 Å². The van der Waals surface area contributed by atoms with Crippen molar-refractivity contribution >= 4 is 48.6 Å². The quantitative estimate of drug-likeness (QED) is 0.178. The van der Waals surface area contributed by atoms with Crippen LogP contribution in [0.3, 0.4) is 0 Å². The molecule has 0 saturated carbocycles. The zero-order chi connectivity index (χ0) is 38.7. The number of ether oxygens (including phenoxy) is 2. The van der Waals surface area contributed by atoms with Crippen LogP contribution in [-0.4, -0.2) is 0 Å². The molecule has 4 heteroatoms. The van der Waals surface area contributed by atoms with Crippen molar-refractivity contribution in [3.05, 3.63) is 222 Å². The van der Waals surface area contributed by atoms with Crippen LogP contribution in [-0.2, 0) is 5.41 Å². The molecule has 2 heterocycles. The van der Waals surface area contributed by atoms with Gasteiger partial charge >= 0.3 is 0 Å². The Morgan fingerprint density at radius 3 is 1.73 bits per heavy atom.